The summed E-state index contributed by atoms with van der Waals surface area (Å²) in [5.41, 5.74) is 2.41. The summed E-state index contributed by atoms with van der Waals surface area (Å²) in [6.45, 7) is 8.34. The normalized spacial score (nSPS) is 11.2. The van der Waals surface area contributed by atoms with Gasteiger partial charge in [-0.3, -0.25) is 0 Å². The van der Waals surface area contributed by atoms with Crippen molar-refractivity contribution in [1.29, 1.82) is 0 Å². The van der Waals surface area contributed by atoms with Gasteiger partial charge >= 0.3 is 5.97 Å². The number of aryl methyl sites for hydroxylation is 1. The van der Waals surface area contributed by atoms with Crippen molar-refractivity contribution in [2.45, 2.75) is 33.1 Å². The first-order valence-corrected chi connectivity index (χ1v) is 6.90. The van der Waals surface area contributed by atoms with Gasteiger partial charge < -0.3 is 9.84 Å². The Hall–Kier alpha value is -2.29. The molecule has 1 N–H and O–H groups in total. The lowest BCUT2D eigenvalue weighted by Gasteiger charge is -2.19. The molecule has 0 atom stereocenters. The first-order valence-electron chi connectivity index (χ1n) is 6.90. The molecule has 2 aromatic carbocycles. The molecule has 0 aliphatic carbocycles. The molecule has 3 heteroatoms. The predicted octanol–water partition coefficient (Wildman–Crippen LogP) is 4.78. The summed E-state index contributed by atoms with van der Waals surface area (Å²) in [6.07, 6.45) is 0. The predicted molar refractivity (Wildman–Crippen MR) is 83.4 cm³/mol. The van der Waals surface area contributed by atoms with Crippen molar-refractivity contribution >= 4 is 5.97 Å². The maximum atomic E-state index is 11.2. The molecule has 2 aromatic rings. The Balaban J connectivity index is 2.30. The van der Waals surface area contributed by atoms with E-state index in [-0.39, 0.29) is 11.0 Å². The molecule has 0 saturated heterocycles. The molecule has 0 saturated carbocycles. The van der Waals surface area contributed by atoms with Crippen LogP contribution in [0.5, 0.6) is 11.5 Å². The van der Waals surface area contributed by atoms with Gasteiger partial charge in [-0.2, -0.15) is 0 Å². The quantitative estimate of drug-likeness (QED) is 0.882. The molecule has 0 heterocycles. The molecule has 0 aliphatic heterocycles. The molecule has 0 aromatic heterocycles. The van der Waals surface area contributed by atoms with Crippen LogP contribution in [0.15, 0.2) is 42.5 Å². The van der Waals surface area contributed by atoms with Crippen molar-refractivity contribution in [3.63, 3.8) is 0 Å². The van der Waals surface area contributed by atoms with E-state index < -0.39 is 5.97 Å². The molecular weight excluding hydrogens is 264 g/mol. The Morgan fingerprint density at radius 1 is 1.05 bits per heavy atom. The molecule has 0 radical (unpaired) electrons. The number of carboxylic acids is 1. The summed E-state index contributed by atoms with van der Waals surface area (Å²) >= 11 is 0. The number of carbonyl (C=O) groups is 1. The lowest BCUT2D eigenvalue weighted by atomic mass is 9.87. The van der Waals surface area contributed by atoms with Crippen LogP contribution >= 0.6 is 0 Å². The first kappa shape index (κ1) is 15.1. The van der Waals surface area contributed by atoms with E-state index in [1.54, 1.807) is 18.2 Å². The number of benzene rings is 2. The van der Waals surface area contributed by atoms with E-state index in [0.29, 0.717) is 11.5 Å². The zero-order valence-electron chi connectivity index (χ0n) is 12.8. The fourth-order valence-corrected chi connectivity index (χ4v) is 2.04. The van der Waals surface area contributed by atoms with Gasteiger partial charge in [-0.05, 0) is 47.7 Å². The Morgan fingerprint density at radius 3 is 2.19 bits per heavy atom. The third-order valence-corrected chi connectivity index (χ3v) is 3.32. The zero-order chi connectivity index (χ0) is 15.6. The second kappa shape index (κ2) is 5.60. The van der Waals surface area contributed by atoms with Crippen molar-refractivity contribution in [3.8, 4) is 11.5 Å². The fourth-order valence-electron chi connectivity index (χ4n) is 2.04. The third-order valence-electron chi connectivity index (χ3n) is 3.32. The van der Waals surface area contributed by atoms with Gasteiger partial charge in [-0.1, -0.05) is 39.0 Å². The van der Waals surface area contributed by atoms with E-state index in [4.69, 9.17) is 4.74 Å². The maximum Gasteiger partial charge on any atom is 0.339 e. The van der Waals surface area contributed by atoms with Crippen LogP contribution in [0.1, 0.15) is 42.3 Å². The summed E-state index contributed by atoms with van der Waals surface area (Å²) in [5, 5.41) is 9.21. The van der Waals surface area contributed by atoms with E-state index in [1.165, 1.54) is 5.56 Å². The zero-order valence-corrected chi connectivity index (χ0v) is 12.8. The smallest absolute Gasteiger partial charge is 0.339 e. The van der Waals surface area contributed by atoms with Crippen molar-refractivity contribution in [3.05, 3.63) is 59.2 Å². The number of hydrogen-bond acceptors (Lipinski definition) is 2. The van der Waals surface area contributed by atoms with E-state index in [1.807, 2.05) is 31.2 Å². The number of aromatic carboxylic acids is 1. The summed E-state index contributed by atoms with van der Waals surface area (Å²) in [7, 11) is 0. The highest BCUT2D eigenvalue weighted by atomic mass is 16.5. The molecule has 3 nitrogen and oxygen atoms in total. The van der Waals surface area contributed by atoms with Gasteiger partial charge in [0.25, 0.3) is 0 Å². The van der Waals surface area contributed by atoms with Crippen LogP contribution < -0.4 is 4.74 Å². The first-order chi connectivity index (χ1) is 9.77. The Kier molecular flexibility index (Phi) is 4.03. The van der Waals surface area contributed by atoms with Gasteiger partial charge in [0.2, 0.25) is 0 Å². The molecule has 0 spiro atoms. The SMILES string of the molecule is Cc1ccc(C(=O)O)c(Oc2ccc(C(C)(C)C)cc2)c1. The van der Waals surface area contributed by atoms with Crippen molar-refractivity contribution in [2.75, 3.05) is 0 Å². The number of rotatable bonds is 3. The van der Waals surface area contributed by atoms with Crippen LogP contribution in [0, 0.1) is 6.92 Å². The van der Waals surface area contributed by atoms with Gasteiger partial charge in [0.05, 0.1) is 0 Å². The molecule has 0 bridgehead atoms. The average Bonchev–Trinajstić information content (AvgIpc) is 2.38. The topological polar surface area (TPSA) is 46.5 Å². The molecule has 21 heavy (non-hydrogen) atoms. The average molecular weight is 284 g/mol. The molecule has 0 fully saturated rings. The third kappa shape index (κ3) is 3.63. The van der Waals surface area contributed by atoms with Gasteiger partial charge in [0.1, 0.15) is 17.1 Å². The highest BCUT2D eigenvalue weighted by Crippen LogP contribution is 2.29. The van der Waals surface area contributed by atoms with E-state index in [9.17, 15) is 9.90 Å². The second-order valence-electron chi connectivity index (χ2n) is 6.18. The summed E-state index contributed by atoms with van der Waals surface area (Å²) in [5.74, 6) is 0.0124. The van der Waals surface area contributed by atoms with Crippen molar-refractivity contribution in [2.24, 2.45) is 0 Å². The van der Waals surface area contributed by atoms with Crippen molar-refractivity contribution in [1.82, 2.24) is 0 Å². The van der Waals surface area contributed by atoms with Gasteiger partial charge in [-0.15, -0.1) is 0 Å². The van der Waals surface area contributed by atoms with E-state index in [2.05, 4.69) is 20.8 Å². The van der Waals surface area contributed by atoms with Crippen LogP contribution in [-0.2, 0) is 5.41 Å². The fraction of sp³-hybridized carbons (Fsp3) is 0.278. The van der Waals surface area contributed by atoms with Gasteiger partial charge in [-0.25, -0.2) is 4.79 Å². The molecule has 2 rings (SSSR count). The lowest BCUT2D eigenvalue weighted by molar-refractivity contribution is 0.0694. The summed E-state index contributed by atoms with van der Waals surface area (Å²) in [6, 6.07) is 12.8. The maximum absolute atomic E-state index is 11.2. The Labute approximate surface area is 125 Å². The Bertz CT molecular complexity index is 649. The van der Waals surface area contributed by atoms with Crippen LogP contribution in [0.25, 0.3) is 0 Å². The number of ether oxygens (including phenoxy) is 1. The minimum absolute atomic E-state index is 0.0775. The summed E-state index contributed by atoms with van der Waals surface area (Å²) < 4.78 is 5.74. The minimum atomic E-state index is -0.990. The van der Waals surface area contributed by atoms with E-state index in [0.717, 1.165) is 5.56 Å². The molecule has 0 amide bonds. The van der Waals surface area contributed by atoms with Gasteiger partial charge in [0, 0.05) is 0 Å². The van der Waals surface area contributed by atoms with Crippen LogP contribution in [0.4, 0.5) is 0 Å². The minimum Gasteiger partial charge on any atom is -0.478 e. The van der Waals surface area contributed by atoms with Crippen molar-refractivity contribution < 1.29 is 14.6 Å². The molecule has 0 aliphatic rings. The molecule has 0 unspecified atom stereocenters. The highest BCUT2D eigenvalue weighted by Gasteiger charge is 2.15. The number of hydrogen-bond donors (Lipinski definition) is 1. The van der Waals surface area contributed by atoms with Gasteiger partial charge in [0.15, 0.2) is 0 Å². The Morgan fingerprint density at radius 2 is 1.67 bits per heavy atom. The van der Waals surface area contributed by atoms with Crippen LogP contribution in [-0.4, -0.2) is 11.1 Å². The largest absolute Gasteiger partial charge is 0.478 e. The standard InChI is InChI=1S/C18H20O3/c1-12-5-10-15(17(19)20)16(11-12)21-14-8-6-13(7-9-14)18(2,3)4/h5-11H,1-4H3,(H,19,20). The monoisotopic (exact) mass is 284 g/mol. The lowest BCUT2D eigenvalue weighted by Crippen LogP contribution is -2.10. The molecule has 110 valence electrons. The highest BCUT2D eigenvalue weighted by molar-refractivity contribution is 5.91. The van der Waals surface area contributed by atoms with Crippen LogP contribution in [0.2, 0.25) is 0 Å². The molecular formula is C18H20O3. The second-order valence-corrected chi connectivity index (χ2v) is 6.18. The summed E-state index contributed by atoms with van der Waals surface area (Å²) in [4.78, 5) is 11.2. The van der Waals surface area contributed by atoms with Crippen LogP contribution in [0.3, 0.4) is 0 Å². The number of carboxylic acid groups (broad SMARTS) is 1. The van der Waals surface area contributed by atoms with E-state index >= 15 is 0 Å².